The number of hydrogen-bond acceptors (Lipinski definition) is 5. The summed E-state index contributed by atoms with van der Waals surface area (Å²) in [6, 6.07) is 3.92. The van der Waals surface area contributed by atoms with Crippen LogP contribution in [0.2, 0.25) is 0 Å². The first kappa shape index (κ1) is 9.05. The van der Waals surface area contributed by atoms with Gasteiger partial charge in [-0.1, -0.05) is 6.07 Å². The van der Waals surface area contributed by atoms with Crippen molar-refractivity contribution in [1.82, 2.24) is 0 Å². The van der Waals surface area contributed by atoms with Crippen molar-refractivity contribution < 1.29 is 25.6 Å². The van der Waals surface area contributed by atoms with E-state index < -0.39 is 13.3 Å². The minimum absolute atomic E-state index is 0.00403. The van der Waals surface area contributed by atoms with Gasteiger partial charge >= 0.3 is 13.3 Å². The molecule has 5 nitrogen and oxygen atoms in total. The van der Waals surface area contributed by atoms with E-state index in [-0.39, 0.29) is 17.4 Å². The second-order valence-corrected chi connectivity index (χ2v) is 2.36. The van der Waals surface area contributed by atoms with E-state index in [4.69, 9.17) is 11.4 Å². The van der Waals surface area contributed by atoms with Gasteiger partial charge in [-0.15, -0.1) is 0 Å². The monoisotopic (exact) mass is 197 g/mol. The molecule has 0 aliphatic heterocycles. The molecule has 0 amide bonds. The molecule has 0 atom stereocenters. The minimum Gasteiger partial charge on any atom is -0.512 e. The number of carbonyl (C=O) groups excluding carboxylic acids is 1. The fourth-order valence-electron chi connectivity index (χ4n) is 0.859. The van der Waals surface area contributed by atoms with Crippen LogP contribution >= 0.6 is 0 Å². The molecule has 6 heteroatoms. The van der Waals surface area contributed by atoms with Crippen molar-refractivity contribution in [2.24, 2.45) is 0 Å². The van der Waals surface area contributed by atoms with Gasteiger partial charge in [-0.05, 0) is 18.2 Å². The van der Waals surface area contributed by atoms with Gasteiger partial charge in [0.05, 0.1) is 14.0 Å². The molecule has 1 aromatic carbocycles. The maximum atomic E-state index is 11.1. The van der Waals surface area contributed by atoms with Crippen molar-refractivity contribution in [2.75, 3.05) is 7.11 Å². The van der Waals surface area contributed by atoms with Gasteiger partial charge in [0.1, 0.15) is 5.75 Å². The summed E-state index contributed by atoms with van der Waals surface area (Å²) in [5, 5.41) is 17.1. The number of rotatable bonds is 3. The largest absolute Gasteiger partial charge is 0.707 e. The van der Waals surface area contributed by atoms with Crippen LogP contribution in [0.3, 0.4) is 0 Å². The quantitative estimate of drug-likeness (QED) is 0.519. The van der Waals surface area contributed by atoms with Crippen molar-refractivity contribution in [3.63, 3.8) is 0 Å². The average Bonchev–Trinajstić information content (AvgIpc) is 2.19. The van der Waals surface area contributed by atoms with Crippen LogP contribution in [-0.2, 0) is 4.74 Å². The molecular weight excluding hydrogens is 187 g/mol. The van der Waals surface area contributed by atoms with Crippen molar-refractivity contribution in [1.29, 1.82) is 0 Å². The summed E-state index contributed by atoms with van der Waals surface area (Å²) in [4.78, 5) is 11.1. The number of carbonyl (C=O) groups is 1. The smallest absolute Gasteiger partial charge is 0.512 e. The van der Waals surface area contributed by atoms with E-state index in [0.717, 1.165) is 0 Å². The molecule has 0 aliphatic carbocycles. The fraction of sp³-hybridized carbons (Fsp3) is 0.125. The van der Waals surface area contributed by atoms with Crippen LogP contribution in [0.5, 0.6) is 5.75 Å². The van der Waals surface area contributed by atoms with Gasteiger partial charge in [0.25, 0.3) is 0 Å². The van der Waals surface area contributed by atoms with Crippen LogP contribution in [0, 0.1) is 0 Å². The zero-order valence-electron chi connectivity index (χ0n) is 8.43. The van der Waals surface area contributed by atoms with E-state index in [1.807, 2.05) is 0 Å². The Hall–Kier alpha value is -1.53. The second kappa shape index (κ2) is 4.64. The van der Waals surface area contributed by atoms with Crippen LogP contribution in [0.4, 0.5) is 0 Å². The van der Waals surface area contributed by atoms with Crippen molar-refractivity contribution in [3.05, 3.63) is 29.8 Å². The Bertz CT molecular complexity index is 368. The second-order valence-electron chi connectivity index (χ2n) is 2.36. The molecule has 1 rings (SSSR count). The van der Waals surface area contributed by atoms with Gasteiger partial charge in [0.2, 0.25) is 0 Å². The normalized spacial score (nSPS) is 10.4. The zero-order chi connectivity index (χ0) is 11.4. The van der Waals surface area contributed by atoms with Crippen molar-refractivity contribution in [3.8, 4) is 5.75 Å². The van der Waals surface area contributed by atoms with Crippen LogP contribution in [0.15, 0.2) is 24.2 Å². The maximum absolute atomic E-state index is 11.1. The molecule has 0 spiro atoms. The lowest BCUT2D eigenvalue weighted by atomic mass is 10.2. The van der Waals surface area contributed by atoms with Gasteiger partial charge in [-0.25, -0.2) is 4.79 Å². The number of benzene rings is 1. The molecule has 0 saturated heterocycles. The standard InChI is InChI=1S/C8H9BO5/c1-13-8(10)6-3-2-4-7(5-6)14-9(11)12/h2-5,11-12H,1H3/i5D. The SMILES string of the molecule is [2H]c1c(OB(O)O)cccc1C(=O)OC. The summed E-state index contributed by atoms with van der Waals surface area (Å²) in [5.74, 6) is -0.786. The Morgan fingerprint density at radius 1 is 1.57 bits per heavy atom. The predicted molar refractivity (Wildman–Crippen MR) is 48.6 cm³/mol. The number of methoxy groups -OCH3 is 1. The average molecular weight is 197 g/mol. The summed E-state index contributed by atoms with van der Waals surface area (Å²) in [6.07, 6.45) is 0. The molecule has 0 unspecified atom stereocenters. The summed E-state index contributed by atoms with van der Waals surface area (Å²) < 4.78 is 16.5. The number of hydrogen-bond donors (Lipinski definition) is 2. The Morgan fingerprint density at radius 3 is 2.86 bits per heavy atom. The number of esters is 1. The van der Waals surface area contributed by atoms with Gasteiger partial charge in [0.15, 0.2) is 0 Å². The Labute approximate surface area is 82.5 Å². The molecule has 0 aromatic heterocycles. The zero-order valence-corrected chi connectivity index (χ0v) is 7.43. The third-order valence-electron chi connectivity index (χ3n) is 1.41. The summed E-state index contributed by atoms with van der Waals surface area (Å²) in [7, 11) is -0.835. The first-order valence-corrected chi connectivity index (χ1v) is 3.77. The lowest BCUT2D eigenvalue weighted by Crippen LogP contribution is -2.20. The highest BCUT2D eigenvalue weighted by molar-refractivity contribution is 6.33. The molecule has 2 N–H and O–H groups in total. The molecule has 0 radical (unpaired) electrons. The highest BCUT2D eigenvalue weighted by Gasteiger charge is 2.12. The lowest BCUT2D eigenvalue weighted by Gasteiger charge is -2.05. The van der Waals surface area contributed by atoms with Gasteiger partial charge < -0.3 is 19.4 Å². The summed E-state index contributed by atoms with van der Waals surface area (Å²) in [6.45, 7) is 0. The highest BCUT2D eigenvalue weighted by atomic mass is 16.6. The predicted octanol–water partition coefficient (Wildman–Crippen LogP) is -0.179. The van der Waals surface area contributed by atoms with E-state index in [1.54, 1.807) is 0 Å². The molecular formula is C8H9BO5. The molecule has 0 aliphatic rings. The molecule has 1 aromatic rings. The highest BCUT2D eigenvalue weighted by Crippen LogP contribution is 2.13. The Kier molecular flexibility index (Phi) is 3.00. The molecule has 14 heavy (non-hydrogen) atoms. The molecule has 0 fully saturated rings. The van der Waals surface area contributed by atoms with Crippen molar-refractivity contribution in [2.45, 2.75) is 0 Å². The maximum Gasteiger partial charge on any atom is 0.707 e. The first-order valence-electron chi connectivity index (χ1n) is 4.27. The summed E-state index contributed by atoms with van der Waals surface area (Å²) in [5.41, 5.74) is -0.00403. The topological polar surface area (TPSA) is 76.0 Å². The van der Waals surface area contributed by atoms with E-state index in [1.165, 1.54) is 25.3 Å². The Balaban J connectivity index is 3.05. The fourth-order valence-corrected chi connectivity index (χ4v) is 0.859. The van der Waals surface area contributed by atoms with E-state index in [9.17, 15) is 4.79 Å². The van der Waals surface area contributed by atoms with E-state index in [2.05, 4.69) is 9.39 Å². The van der Waals surface area contributed by atoms with Crippen LogP contribution < -0.4 is 4.65 Å². The van der Waals surface area contributed by atoms with Gasteiger partial charge in [0, 0.05) is 0 Å². The Morgan fingerprint density at radius 2 is 2.29 bits per heavy atom. The first-order chi connectivity index (χ1) is 7.06. The van der Waals surface area contributed by atoms with Crippen LogP contribution in [0.1, 0.15) is 11.7 Å². The molecule has 0 saturated carbocycles. The van der Waals surface area contributed by atoms with Crippen molar-refractivity contribution >= 4 is 13.3 Å². The van der Waals surface area contributed by atoms with Crippen LogP contribution in [-0.4, -0.2) is 30.4 Å². The molecule has 74 valence electrons. The summed E-state index contributed by atoms with van der Waals surface area (Å²) >= 11 is 0. The van der Waals surface area contributed by atoms with E-state index >= 15 is 0 Å². The van der Waals surface area contributed by atoms with Crippen LogP contribution in [0.25, 0.3) is 0 Å². The minimum atomic E-state index is -2.03. The molecule has 0 heterocycles. The van der Waals surface area contributed by atoms with E-state index in [0.29, 0.717) is 0 Å². The van der Waals surface area contributed by atoms with Gasteiger partial charge in [-0.3, -0.25) is 0 Å². The third-order valence-corrected chi connectivity index (χ3v) is 1.41. The lowest BCUT2D eigenvalue weighted by molar-refractivity contribution is 0.0600. The molecule has 0 bridgehead atoms. The van der Waals surface area contributed by atoms with Gasteiger partial charge in [-0.2, -0.15) is 0 Å². The number of ether oxygens (including phenoxy) is 1. The third kappa shape index (κ3) is 2.76.